The van der Waals surface area contributed by atoms with Crippen LogP contribution in [0.2, 0.25) is 0 Å². The molecule has 1 fully saturated rings. The summed E-state index contributed by atoms with van der Waals surface area (Å²) in [5.74, 6) is 0.815. The number of nitrogens with two attached hydrogens (primary N) is 1. The van der Waals surface area contributed by atoms with Crippen molar-refractivity contribution in [3.63, 3.8) is 0 Å². The second kappa shape index (κ2) is 3.62. The Balaban J connectivity index is 2.03. The van der Waals surface area contributed by atoms with E-state index in [1.165, 1.54) is 18.5 Å². The maximum absolute atomic E-state index is 5.82. The first kappa shape index (κ1) is 9.53. The van der Waals surface area contributed by atoms with Gasteiger partial charge in [0, 0.05) is 12.2 Å². The van der Waals surface area contributed by atoms with E-state index in [0.717, 1.165) is 12.5 Å². The highest BCUT2D eigenvalue weighted by Gasteiger charge is 2.40. The van der Waals surface area contributed by atoms with Crippen molar-refractivity contribution < 1.29 is 0 Å². The van der Waals surface area contributed by atoms with Crippen LogP contribution in [0.1, 0.15) is 19.8 Å². The van der Waals surface area contributed by atoms with Crippen LogP contribution in [0.3, 0.4) is 0 Å². The summed E-state index contributed by atoms with van der Waals surface area (Å²) < 4.78 is 0. The van der Waals surface area contributed by atoms with Crippen molar-refractivity contribution in [3.8, 4) is 0 Å². The summed E-state index contributed by atoms with van der Waals surface area (Å²) in [6.07, 6.45) is 2.39. The zero-order valence-electron chi connectivity index (χ0n) is 8.66. The highest BCUT2D eigenvalue weighted by Crippen LogP contribution is 2.39. The molecule has 2 rings (SSSR count). The lowest BCUT2D eigenvalue weighted by Crippen LogP contribution is -2.54. The number of nitrogens with one attached hydrogen (secondary N) is 1. The maximum Gasteiger partial charge on any atom is 0.0500 e. The summed E-state index contributed by atoms with van der Waals surface area (Å²) in [6.45, 7) is 3.01. The molecule has 0 spiro atoms. The number of benzene rings is 1. The van der Waals surface area contributed by atoms with Gasteiger partial charge in [-0.3, -0.25) is 0 Å². The molecule has 2 nitrogen and oxygen atoms in total. The van der Waals surface area contributed by atoms with Gasteiger partial charge in [0.15, 0.2) is 0 Å². The SMILES string of the molecule is CC1CC(CN)(Nc2ccccc2)C1. The van der Waals surface area contributed by atoms with Crippen molar-refractivity contribution in [1.29, 1.82) is 0 Å². The van der Waals surface area contributed by atoms with Crippen LogP contribution in [-0.4, -0.2) is 12.1 Å². The van der Waals surface area contributed by atoms with E-state index in [2.05, 4.69) is 36.5 Å². The molecule has 1 aromatic carbocycles. The van der Waals surface area contributed by atoms with Crippen LogP contribution in [0.5, 0.6) is 0 Å². The van der Waals surface area contributed by atoms with E-state index in [1.807, 2.05) is 6.07 Å². The van der Waals surface area contributed by atoms with Crippen LogP contribution in [0.25, 0.3) is 0 Å². The van der Waals surface area contributed by atoms with E-state index in [1.54, 1.807) is 0 Å². The van der Waals surface area contributed by atoms with Crippen molar-refractivity contribution in [1.82, 2.24) is 0 Å². The third-order valence-electron chi connectivity index (χ3n) is 3.05. The highest BCUT2D eigenvalue weighted by atomic mass is 15.0. The molecule has 0 atom stereocenters. The van der Waals surface area contributed by atoms with Gasteiger partial charge in [-0.15, -0.1) is 0 Å². The first-order valence-corrected chi connectivity index (χ1v) is 5.27. The van der Waals surface area contributed by atoms with Gasteiger partial charge < -0.3 is 11.1 Å². The van der Waals surface area contributed by atoms with Gasteiger partial charge in [0.1, 0.15) is 0 Å². The fourth-order valence-electron chi connectivity index (χ4n) is 2.42. The van der Waals surface area contributed by atoms with Crippen LogP contribution in [-0.2, 0) is 0 Å². The van der Waals surface area contributed by atoms with E-state index >= 15 is 0 Å². The summed E-state index contributed by atoms with van der Waals surface area (Å²) in [5, 5.41) is 3.55. The lowest BCUT2D eigenvalue weighted by atomic mass is 9.69. The van der Waals surface area contributed by atoms with Gasteiger partial charge in [0.25, 0.3) is 0 Å². The summed E-state index contributed by atoms with van der Waals surface area (Å²) >= 11 is 0. The van der Waals surface area contributed by atoms with E-state index in [4.69, 9.17) is 5.73 Å². The summed E-state index contributed by atoms with van der Waals surface area (Å²) in [7, 11) is 0. The molecule has 0 radical (unpaired) electrons. The number of hydrogen-bond donors (Lipinski definition) is 2. The normalized spacial score (nSPS) is 30.9. The van der Waals surface area contributed by atoms with Crippen LogP contribution in [0.15, 0.2) is 30.3 Å². The Morgan fingerprint density at radius 2 is 2.00 bits per heavy atom. The van der Waals surface area contributed by atoms with Gasteiger partial charge >= 0.3 is 0 Å². The lowest BCUT2D eigenvalue weighted by Gasteiger charge is -2.47. The number of hydrogen-bond acceptors (Lipinski definition) is 2. The van der Waals surface area contributed by atoms with E-state index in [9.17, 15) is 0 Å². The fraction of sp³-hybridized carbons (Fsp3) is 0.500. The molecule has 3 N–H and O–H groups in total. The molecule has 0 aromatic heterocycles. The second-order valence-electron chi connectivity index (χ2n) is 4.49. The molecule has 1 aliphatic carbocycles. The minimum Gasteiger partial charge on any atom is -0.378 e. The third-order valence-corrected chi connectivity index (χ3v) is 3.05. The predicted octanol–water partition coefficient (Wildman–Crippen LogP) is 2.23. The maximum atomic E-state index is 5.82. The van der Waals surface area contributed by atoms with Crippen molar-refractivity contribution in [2.45, 2.75) is 25.3 Å². The number of rotatable bonds is 3. The first-order chi connectivity index (χ1) is 6.74. The van der Waals surface area contributed by atoms with Crippen LogP contribution < -0.4 is 11.1 Å². The molecule has 1 saturated carbocycles. The molecule has 0 unspecified atom stereocenters. The first-order valence-electron chi connectivity index (χ1n) is 5.27. The van der Waals surface area contributed by atoms with Gasteiger partial charge in [-0.25, -0.2) is 0 Å². The van der Waals surface area contributed by atoms with E-state index in [-0.39, 0.29) is 5.54 Å². The Morgan fingerprint density at radius 1 is 1.36 bits per heavy atom. The van der Waals surface area contributed by atoms with Crippen molar-refractivity contribution in [2.75, 3.05) is 11.9 Å². The van der Waals surface area contributed by atoms with E-state index in [0.29, 0.717) is 0 Å². The van der Waals surface area contributed by atoms with Gasteiger partial charge in [-0.05, 0) is 30.9 Å². The fourth-order valence-corrected chi connectivity index (χ4v) is 2.42. The zero-order valence-corrected chi connectivity index (χ0v) is 8.66. The minimum absolute atomic E-state index is 0.167. The second-order valence-corrected chi connectivity index (χ2v) is 4.49. The molecule has 76 valence electrons. The molecule has 2 heteroatoms. The van der Waals surface area contributed by atoms with Gasteiger partial charge in [-0.2, -0.15) is 0 Å². The Morgan fingerprint density at radius 3 is 2.50 bits per heavy atom. The molecule has 14 heavy (non-hydrogen) atoms. The monoisotopic (exact) mass is 190 g/mol. The largest absolute Gasteiger partial charge is 0.378 e. The Labute approximate surface area is 85.5 Å². The topological polar surface area (TPSA) is 38.0 Å². The molecule has 0 aliphatic heterocycles. The van der Waals surface area contributed by atoms with Gasteiger partial charge in [-0.1, -0.05) is 25.1 Å². The van der Waals surface area contributed by atoms with Crippen molar-refractivity contribution in [3.05, 3.63) is 30.3 Å². The standard InChI is InChI=1S/C12H18N2/c1-10-7-12(8-10,9-13)14-11-5-3-2-4-6-11/h2-6,10,14H,7-9,13H2,1H3. The molecular weight excluding hydrogens is 172 g/mol. The van der Waals surface area contributed by atoms with Gasteiger partial charge in [0.05, 0.1) is 5.54 Å². The van der Waals surface area contributed by atoms with E-state index < -0.39 is 0 Å². The number of anilines is 1. The minimum atomic E-state index is 0.167. The third kappa shape index (κ3) is 1.75. The predicted molar refractivity (Wildman–Crippen MR) is 60.2 cm³/mol. The van der Waals surface area contributed by atoms with Crippen molar-refractivity contribution >= 4 is 5.69 Å². The average molecular weight is 190 g/mol. The van der Waals surface area contributed by atoms with Crippen LogP contribution >= 0.6 is 0 Å². The summed E-state index contributed by atoms with van der Waals surface area (Å²) in [5.41, 5.74) is 7.17. The summed E-state index contributed by atoms with van der Waals surface area (Å²) in [6, 6.07) is 10.3. The van der Waals surface area contributed by atoms with Gasteiger partial charge in [0.2, 0.25) is 0 Å². The molecule has 0 amide bonds. The smallest absolute Gasteiger partial charge is 0.0500 e. The molecular formula is C12H18N2. The molecule has 1 aromatic rings. The quantitative estimate of drug-likeness (QED) is 0.767. The molecule has 0 bridgehead atoms. The van der Waals surface area contributed by atoms with Crippen molar-refractivity contribution in [2.24, 2.45) is 11.7 Å². The lowest BCUT2D eigenvalue weighted by molar-refractivity contribution is 0.194. The van der Waals surface area contributed by atoms with Crippen LogP contribution in [0.4, 0.5) is 5.69 Å². The number of para-hydroxylation sites is 1. The Hall–Kier alpha value is -1.02. The van der Waals surface area contributed by atoms with Crippen LogP contribution in [0, 0.1) is 5.92 Å². The molecule has 1 aliphatic rings. The zero-order chi connectivity index (χ0) is 10.0. The molecule has 0 saturated heterocycles. The Kier molecular flexibility index (Phi) is 2.46. The Bertz CT molecular complexity index is 288. The summed E-state index contributed by atoms with van der Waals surface area (Å²) in [4.78, 5) is 0. The average Bonchev–Trinajstić information content (AvgIpc) is 2.16. The highest BCUT2D eigenvalue weighted by molar-refractivity contribution is 5.46. The molecule has 0 heterocycles.